The van der Waals surface area contributed by atoms with Crippen LogP contribution in [0.2, 0.25) is 5.02 Å². The largest absolute Gasteiger partial charge is 0.462 e. The molecule has 0 saturated carbocycles. The molecule has 0 aliphatic carbocycles. The van der Waals surface area contributed by atoms with Crippen molar-refractivity contribution in [2.24, 2.45) is 0 Å². The average molecular weight is 344 g/mol. The summed E-state index contributed by atoms with van der Waals surface area (Å²) in [6.07, 6.45) is 3.85. The zero-order valence-electron chi connectivity index (χ0n) is 13.3. The Balaban J connectivity index is 2.07. The van der Waals surface area contributed by atoms with Crippen LogP contribution in [0.3, 0.4) is 0 Å². The van der Waals surface area contributed by atoms with Gasteiger partial charge >= 0.3 is 5.97 Å². The van der Waals surface area contributed by atoms with E-state index in [0.717, 1.165) is 12.0 Å². The van der Waals surface area contributed by atoms with Crippen LogP contribution in [-0.2, 0) is 9.53 Å². The predicted molar refractivity (Wildman–Crippen MR) is 96.1 cm³/mol. The van der Waals surface area contributed by atoms with E-state index in [4.69, 9.17) is 16.3 Å². The van der Waals surface area contributed by atoms with Crippen LogP contribution in [0.15, 0.2) is 54.6 Å². The van der Waals surface area contributed by atoms with Gasteiger partial charge < -0.3 is 10.1 Å². The van der Waals surface area contributed by atoms with E-state index in [1.165, 1.54) is 12.1 Å². The van der Waals surface area contributed by atoms with Crippen LogP contribution in [0.25, 0.3) is 6.08 Å². The molecule has 0 aliphatic rings. The molecule has 0 fully saturated rings. The maximum absolute atomic E-state index is 12.0. The topological polar surface area (TPSA) is 55.4 Å². The summed E-state index contributed by atoms with van der Waals surface area (Å²) < 4.78 is 5.07. The summed E-state index contributed by atoms with van der Waals surface area (Å²) >= 11 is 6.08. The summed E-state index contributed by atoms with van der Waals surface area (Å²) in [5.74, 6) is -0.774. The summed E-state index contributed by atoms with van der Waals surface area (Å²) in [6.45, 7) is 2.27. The van der Waals surface area contributed by atoms with E-state index < -0.39 is 5.97 Å². The van der Waals surface area contributed by atoms with Crippen LogP contribution in [-0.4, -0.2) is 18.5 Å². The number of carbonyl (C=O) groups is 2. The van der Waals surface area contributed by atoms with Gasteiger partial charge in [0, 0.05) is 6.08 Å². The van der Waals surface area contributed by atoms with E-state index in [1.807, 2.05) is 37.3 Å². The molecule has 2 rings (SSSR count). The normalized spacial score (nSPS) is 10.6. The lowest BCUT2D eigenvalue weighted by Gasteiger charge is -2.08. The Morgan fingerprint density at radius 3 is 2.62 bits per heavy atom. The van der Waals surface area contributed by atoms with Crippen LogP contribution < -0.4 is 5.32 Å². The first kappa shape index (κ1) is 17.8. The molecule has 0 saturated heterocycles. The number of anilines is 1. The lowest BCUT2D eigenvalue weighted by atomic mass is 10.2. The minimum absolute atomic E-state index is 0.333. The van der Waals surface area contributed by atoms with E-state index in [1.54, 1.807) is 18.2 Å². The van der Waals surface area contributed by atoms with Crippen LogP contribution in [0.1, 0.15) is 29.3 Å². The predicted octanol–water partition coefficient (Wildman–Crippen LogP) is 4.56. The molecule has 0 aromatic heterocycles. The number of benzene rings is 2. The number of carbonyl (C=O) groups excluding carboxylic acids is 2. The minimum Gasteiger partial charge on any atom is -0.462 e. The van der Waals surface area contributed by atoms with Gasteiger partial charge in [-0.05, 0) is 36.3 Å². The van der Waals surface area contributed by atoms with Crippen molar-refractivity contribution in [3.8, 4) is 0 Å². The molecule has 1 N–H and O–H groups in total. The first-order valence-electron chi connectivity index (χ1n) is 7.61. The Labute approximate surface area is 146 Å². The number of rotatable bonds is 6. The minimum atomic E-state index is -0.441. The Bertz CT molecular complexity index is 742. The lowest BCUT2D eigenvalue weighted by Crippen LogP contribution is -2.10. The molecule has 2 aromatic carbocycles. The van der Waals surface area contributed by atoms with Gasteiger partial charge in [-0.2, -0.15) is 0 Å². The highest BCUT2D eigenvalue weighted by Crippen LogP contribution is 2.23. The molecule has 0 aliphatic heterocycles. The fourth-order valence-corrected chi connectivity index (χ4v) is 2.10. The van der Waals surface area contributed by atoms with Gasteiger partial charge in [-0.25, -0.2) is 4.79 Å². The van der Waals surface area contributed by atoms with Crippen molar-refractivity contribution in [1.29, 1.82) is 0 Å². The molecule has 0 spiro atoms. The van der Waals surface area contributed by atoms with Crippen LogP contribution >= 0.6 is 11.6 Å². The van der Waals surface area contributed by atoms with Gasteiger partial charge in [-0.15, -0.1) is 0 Å². The number of hydrogen-bond donors (Lipinski definition) is 1. The highest BCUT2D eigenvalue weighted by Gasteiger charge is 2.11. The smallest absolute Gasteiger partial charge is 0.338 e. The molecule has 0 bridgehead atoms. The summed E-state index contributed by atoms with van der Waals surface area (Å²) in [6, 6.07) is 14.1. The van der Waals surface area contributed by atoms with Crippen LogP contribution in [0, 0.1) is 0 Å². The molecule has 0 atom stereocenters. The fraction of sp³-hybridized carbons (Fsp3) is 0.158. The molecule has 0 radical (unpaired) electrons. The van der Waals surface area contributed by atoms with E-state index in [0.29, 0.717) is 22.9 Å². The molecule has 0 heterocycles. The molecule has 1 amide bonds. The number of amides is 1. The number of nitrogens with one attached hydrogen (secondary N) is 1. The number of halogens is 1. The van der Waals surface area contributed by atoms with Gasteiger partial charge in [0.15, 0.2) is 0 Å². The van der Waals surface area contributed by atoms with Crippen LogP contribution in [0.5, 0.6) is 0 Å². The van der Waals surface area contributed by atoms with Crippen molar-refractivity contribution < 1.29 is 14.3 Å². The average Bonchev–Trinajstić information content (AvgIpc) is 2.60. The molecule has 0 unspecified atom stereocenters. The van der Waals surface area contributed by atoms with Crippen LogP contribution in [0.4, 0.5) is 5.69 Å². The van der Waals surface area contributed by atoms with Gasteiger partial charge in [0.2, 0.25) is 5.91 Å². The Hall–Kier alpha value is -2.59. The molecular weight excluding hydrogens is 326 g/mol. The number of ether oxygens (including phenoxy) is 1. The maximum Gasteiger partial charge on any atom is 0.338 e. The SMILES string of the molecule is CCCOC(=O)c1ccc(Cl)c(NC(=O)/C=C/c2ccccc2)c1. The fourth-order valence-electron chi connectivity index (χ4n) is 1.94. The van der Waals surface area contributed by atoms with Gasteiger partial charge in [-0.1, -0.05) is 48.9 Å². The molecule has 4 nitrogen and oxygen atoms in total. The summed E-state index contributed by atoms with van der Waals surface area (Å²) in [4.78, 5) is 23.9. The molecular formula is C19H18ClNO3. The second-order valence-corrected chi connectivity index (χ2v) is 5.47. The third-order valence-electron chi connectivity index (χ3n) is 3.12. The van der Waals surface area contributed by atoms with Crippen molar-refractivity contribution >= 4 is 35.2 Å². The summed E-state index contributed by atoms with van der Waals surface area (Å²) in [5.41, 5.74) is 1.62. The van der Waals surface area contributed by atoms with Gasteiger partial charge in [0.25, 0.3) is 0 Å². The third-order valence-corrected chi connectivity index (χ3v) is 3.45. The Morgan fingerprint density at radius 1 is 1.17 bits per heavy atom. The number of hydrogen-bond acceptors (Lipinski definition) is 3. The zero-order chi connectivity index (χ0) is 17.4. The first-order valence-corrected chi connectivity index (χ1v) is 7.98. The third kappa shape index (κ3) is 5.25. The van der Waals surface area contributed by atoms with Gasteiger partial charge in [0.1, 0.15) is 0 Å². The molecule has 24 heavy (non-hydrogen) atoms. The summed E-state index contributed by atoms with van der Waals surface area (Å²) in [5, 5.41) is 3.02. The van der Waals surface area contributed by atoms with E-state index >= 15 is 0 Å². The second kappa shape index (κ2) is 8.89. The van der Waals surface area contributed by atoms with E-state index in [2.05, 4.69) is 5.32 Å². The van der Waals surface area contributed by atoms with E-state index in [-0.39, 0.29) is 5.91 Å². The Kier molecular flexibility index (Phi) is 6.58. The highest BCUT2D eigenvalue weighted by atomic mass is 35.5. The van der Waals surface area contributed by atoms with E-state index in [9.17, 15) is 9.59 Å². The standard InChI is InChI=1S/C19H18ClNO3/c1-2-12-24-19(23)15-9-10-16(20)17(13-15)21-18(22)11-8-14-6-4-3-5-7-14/h3-11,13H,2,12H2,1H3,(H,21,22)/b11-8+. The molecule has 5 heteroatoms. The van der Waals surface area contributed by atoms with Crippen molar-refractivity contribution in [1.82, 2.24) is 0 Å². The van der Waals surface area contributed by atoms with Gasteiger partial charge in [0.05, 0.1) is 22.9 Å². The lowest BCUT2D eigenvalue weighted by molar-refractivity contribution is -0.111. The maximum atomic E-state index is 12.0. The first-order chi connectivity index (χ1) is 11.6. The highest BCUT2D eigenvalue weighted by molar-refractivity contribution is 6.34. The summed E-state index contributed by atoms with van der Waals surface area (Å²) in [7, 11) is 0. The quantitative estimate of drug-likeness (QED) is 0.618. The van der Waals surface area contributed by atoms with Crippen molar-refractivity contribution in [2.45, 2.75) is 13.3 Å². The van der Waals surface area contributed by atoms with Crippen molar-refractivity contribution in [3.05, 3.63) is 70.8 Å². The molecule has 124 valence electrons. The van der Waals surface area contributed by atoms with Crippen molar-refractivity contribution in [2.75, 3.05) is 11.9 Å². The zero-order valence-corrected chi connectivity index (χ0v) is 14.0. The van der Waals surface area contributed by atoms with Crippen molar-refractivity contribution in [3.63, 3.8) is 0 Å². The monoisotopic (exact) mass is 343 g/mol. The Morgan fingerprint density at radius 2 is 1.92 bits per heavy atom. The number of esters is 1. The molecule has 2 aromatic rings. The second-order valence-electron chi connectivity index (χ2n) is 5.06. The van der Waals surface area contributed by atoms with Gasteiger partial charge in [-0.3, -0.25) is 4.79 Å².